The van der Waals surface area contributed by atoms with Crippen LogP contribution in [0.4, 0.5) is 8.78 Å². The zero-order valence-corrected chi connectivity index (χ0v) is 14.0. The molecule has 0 aliphatic carbocycles. The molecule has 2 aromatic carbocycles. The maximum atomic E-state index is 14.2. The Morgan fingerprint density at radius 1 is 0.955 bits per heavy atom. The van der Waals surface area contributed by atoms with Crippen LogP contribution < -0.4 is 0 Å². The Morgan fingerprint density at radius 2 is 1.64 bits per heavy atom. The van der Waals surface area contributed by atoms with Crippen LogP contribution >= 0.6 is 0 Å². The second-order valence-corrected chi connectivity index (χ2v) is 6.59. The summed E-state index contributed by atoms with van der Waals surface area (Å²) in [6.07, 6.45) is 0.572. The fourth-order valence-corrected chi connectivity index (χ4v) is 3.13. The molecule has 2 heteroatoms. The molecule has 0 saturated carbocycles. The number of rotatable bonds is 4. The summed E-state index contributed by atoms with van der Waals surface area (Å²) >= 11 is 0. The van der Waals surface area contributed by atoms with Crippen molar-refractivity contribution in [2.24, 2.45) is 0 Å². The Morgan fingerprint density at radius 3 is 2.23 bits per heavy atom. The molecule has 0 amide bonds. The van der Waals surface area contributed by atoms with E-state index in [-0.39, 0.29) is 5.92 Å². The molecule has 22 heavy (non-hydrogen) atoms. The van der Waals surface area contributed by atoms with E-state index in [9.17, 15) is 8.78 Å². The van der Waals surface area contributed by atoms with Crippen LogP contribution in [0.15, 0.2) is 30.3 Å². The van der Waals surface area contributed by atoms with Crippen LogP contribution in [0.2, 0.25) is 0 Å². The van der Waals surface area contributed by atoms with Gasteiger partial charge in [-0.25, -0.2) is 8.78 Å². The lowest BCUT2D eigenvalue weighted by atomic mass is 9.86. The zero-order chi connectivity index (χ0) is 16.4. The molecule has 0 atom stereocenters. The molecular formula is C20H24F2. The molecule has 0 heterocycles. The van der Waals surface area contributed by atoms with Gasteiger partial charge in [-0.05, 0) is 59.1 Å². The third-order valence-corrected chi connectivity index (χ3v) is 4.19. The molecule has 118 valence electrons. The third-order valence-electron chi connectivity index (χ3n) is 4.19. The summed E-state index contributed by atoms with van der Waals surface area (Å²) in [5.74, 6) is -0.529. The van der Waals surface area contributed by atoms with Gasteiger partial charge >= 0.3 is 0 Å². The van der Waals surface area contributed by atoms with Crippen LogP contribution in [0.1, 0.15) is 67.3 Å². The van der Waals surface area contributed by atoms with Gasteiger partial charge in [-0.15, -0.1) is 0 Å². The van der Waals surface area contributed by atoms with E-state index >= 15 is 0 Å². The van der Waals surface area contributed by atoms with Crippen molar-refractivity contribution in [3.8, 4) is 0 Å². The number of halogens is 2. The van der Waals surface area contributed by atoms with Gasteiger partial charge in [-0.2, -0.15) is 0 Å². The summed E-state index contributed by atoms with van der Waals surface area (Å²) in [6.45, 7) is 10.2. The van der Waals surface area contributed by atoms with E-state index in [2.05, 4.69) is 32.9 Å². The number of hydrogen-bond acceptors (Lipinski definition) is 0. The largest absolute Gasteiger partial charge is 0.207 e. The average Bonchev–Trinajstić information content (AvgIpc) is 2.39. The highest BCUT2D eigenvalue weighted by atomic mass is 19.1. The molecule has 2 aromatic rings. The van der Waals surface area contributed by atoms with Crippen molar-refractivity contribution in [2.75, 3.05) is 0 Å². The number of benzene rings is 2. The molecule has 0 N–H and O–H groups in total. The normalized spacial score (nSPS) is 11.5. The van der Waals surface area contributed by atoms with Gasteiger partial charge in [-0.3, -0.25) is 0 Å². The van der Waals surface area contributed by atoms with Crippen molar-refractivity contribution in [3.05, 3.63) is 69.8 Å². The Bertz CT molecular complexity index is 670. The summed E-state index contributed by atoms with van der Waals surface area (Å²) in [5, 5.41) is 0. The van der Waals surface area contributed by atoms with Crippen LogP contribution in [0.25, 0.3) is 0 Å². The van der Waals surface area contributed by atoms with E-state index in [0.29, 0.717) is 17.9 Å². The molecule has 2 rings (SSSR count). The first-order valence-electron chi connectivity index (χ1n) is 7.87. The SMILES string of the molecule is Cc1cccc(C(C)C)c1Cc1cc(F)cc(F)c1C(C)C. The van der Waals surface area contributed by atoms with Gasteiger partial charge in [0.25, 0.3) is 0 Å². The van der Waals surface area contributed by atoms with Gasteiger partial charge in [0.05, 0.1) is 0 Å². The Hall–Kier alpha value is -1.70. The Kier molecular flexibility index (Phi) is 5.00. The smallest absolute Gasteiger partial charge is 0.129 e. The van der Waals surface area contributed by atoms with Gasteiger partial charge in [0.2, 0.25) is 0 Å². The van der Waals surface area contributed by atoms with E-state index < -0.39 is 11.6 Å². The second kappa shape index (κ2) is 6.60. The maximum absolute atomic E-state index is 14.2. The van der Waals surface area contributed by atoms with Crippen LogP contribution in [-0.2, 0) is 6.42 Å². The minimum atomic E-state index is -0.503. The quantitative estimate of drug-likeness (QED) is 0.639. The first-order valence-corrected chi connectivity index (χ1v) is 7.87. The zero-order valence-electron chi connectivity index (χ0n) is 14.0. The van der Waals surface area contributed by atoms with Crippen LogP contribution in [0.5, 0.6) is 0 Å². The van der Waals surface area contributed by atoms with E-state index in [1.54, 1.807) is 0 Å². The molecule has 0 aromatic heterocycles. The Labute approximate surface area is 132 Å². The highest BCUT2D eigenvalue weighted by Crippen LogP contribution is 2.30. The van der Waals surface area contributed by atoms with Crippen molar-refractivity contribution in [3.63, 3.8) is 0 Å². The summed E-state index contributed by atoms with van der Waals surface area (Å²) in [4.78, 5) is 0. The second-order valence-electron chi connectivity index (χ2n) is 6.59. The minimum Gasteiger partial charge on any atom is -0.207 e. The van der Waals surface area contributed by atoms with Gasteiger partial charge in [0, 0.05) is 6.07 Å². The van der Waals surface area contributed by atoms with E-state index in [4.69, 9.17) is 0 Å². The first-order chi connectivity index (χ1) is 10.3. The summed E-state index contributed by atoms with van der Waals surface area (Å²) in [7, 11) is 0. The third kappa shape index (κ3) is 3.37. The molecule has 0 nitrogen and oxygen atoms in total. The van der Waals surface area contributed by atoms with Crippen LogP contribution in [0.3, 0.4) is 0 Å². The topological polar surface area (TPSA) is 0 Å². The molecule has 0 saturated heterocycles. The van der Waals surface area contributed by atoms with E-state index in [1.165, 1.54) is 22.8 Å². The molecule has 0 aliphatic heterocycles. The average molecular weight is 302 g/mol. The molecule has 0 bridgehead atoms. The standard InChI is InChI=1S/C20H24F2/c1-12(2)17-8-6-7-14(5)18(17)10-15-9-16(21)11-19(22)20(15)13(3)4/h6-9,11-13H,10H2,1-5H3. The molecular weight excluding hydrogens is 278 g/mol. The van der Waals surface area contributed by atoms with Crippen molar-refractivity contribution < 1.29 is 8.78 Å². The first kappa shape index (κ1) is 16.7. The van der Waals surface area contributed by atoms with E-state index in [1.807, 2.05) is 19.9 Å². The number of aryl methyl sites for hydroxylation is 1. The minimum absolute atomic E-state index is 0.0297. The Balaban J connectivity index is 2.57. The van der Waals surface area contributed by atoms with Gasteiger partial charge < -0.3 is 0 Å². The number of hydrogen-bond donors (Lipinski definition) is 0. The van der Waals surface area contributed by atoms with Crippen LogP contribution in [-0.4, -0.2) is 0 Å². The predicted molar refractivity (Wildman–Crippen MR) is 88.5 cm³/mol. The maximum Gasteiger partial charge on any atom is 0.129 e. The van der Waals surface area contributed by atoms with Crippen molar-refractivity contribution in [1.82, 2.24) is 0 Å². The lowest BCUT2D eigenvalue weighted by Gasteiger charge is -2.19. The molecule has 0 fully saturated rings. The van der Waals surface area contributed by atoms with Gasteiger partial charge in [0.1, 0.15) is 11.6 Å². The highest BCUT2D eigenvalue weighted by Gasteiger charge is 2.17. The van der Waals surface area contributed by atoms with Crippen molar-refractivity contribution in [2.45, 2.75) is 52.9 Å². The monoisotopic (exact) mass is 302 g/mol. The highest BCUT2D eigenvalue weighted by molar-refractivity contribution is 5.43. The fraction of sp³-hybridized carbons (Fsp3) is 0.400. The summed E-state index contributed by atoms with van der Waals surface area (Å²) in [6, 6.07) is 8.68. The lowest BCUT2D eigenvalue weighted by Crippen LogP contribution is -2.06. The molecule has 0 spiro atoms. The molecule has 0 radical (unpaired) electrons. The van der Waals surface area contributed by atoms with Crippen molar-refractivity contribution in [1.29, 1.82) is 0 Å². The van der Waals surface area contributed by atoms with Gasteiger partial charge in [-0.1, -0.05) is 45.9 Å². The van der Waals surface area contributed by atoms with Crippen LogP contribution in [0, 0.1) is 18.6 Å². The summed E-state index contributed by atoms with van der Waals surface area (Å²) < 4.78 is 27.9. The van der Waals surface area contributed by atoms with Crippen molar-refractivity contribution >= 4 is 0 Å². The van der Waals surface area contributed by atoms with Gasteiger partial charge in [0.15, 0.2) is 0 Å². The predicted octanol–water partition coefficient (Wildman–Crippen LogP) is 6.11. The summed E-state index contributed by atoms with van der Waals surface area (Å²) in [5.41, 5.74) is 4.98. The molecule has 0 aliphatic rings. The molecule has 0 unspecified atom stereocenters. The van der Waals surface area contributed by atoms with E-state index in [0.717, 1.165) is 11.6 Å². The fourth-order valence-electron chi connectivity index (χ4n) is 3.13. The lowest BCUT2D eigenvalue weighted by molar-refractivity contribution is 0.560.